The van der Waals surface area contributed by atoms with Gasteiger partial charge in [-0.25, -0.2) is 4.21 Å². The van der Waals surface area contributed by atoms with Gasteiger partial charge < -0.3 is 5.11 Å². The topological polar surface area (TPSA) is 49.7 Å². The molecular weight excluding hydrogens is 306 g/mol. The molecule has 2 aromatic rings. The highest BCUT2D eigenvalue weighted by atomic mass is 32.2. The van der Waals surface area contributed by atoms with E-state index < -0.39 is 10.8 Å². The molecule has 1 atom stereocenters. The van der Waals surface area contributed by atoms with E-state index in [0.29, 0.717) is 21.1 Å². The zero-order chi connectivity index (χ0) is 16.6. The number of hydrogen-bond acceptors (Lipinski definition) is 3. The summed E-state index contributed by atoms with van der Waals surface area (Å²) in [5.41, 5.74) is 1.71. The van der Waals surface area contributed by atoms with E-state index >= 15 is 0 Å². The van der Waals surface area contributed by atoms with Crippen molar-refractivity contribution in [1.82, 2.24) is 0 Å². The Morgan fingerprint density at radius 1 is 1.00 bits per heavy atom. The van der Waals surface area contributed by atoms with Crippen LogP contribution in [-0.2, 0) is 10.8 Å². The second kappa shape index (κ2) is 5.78. The lowest BCUT2D eigenvalue weighted by Crippen LogP contribution is -2.18. The third kappa shape index (κ3) is 2.99. The first-order chi connectivity index (χ1) is 10.9. The summed E-state index contributed by atoms with van der Waals surface area (Å²) in [6.07, 6.45) is 0. The summed E-state index contributed by atoms with van der Waals surface area (Å²) in [7, 11) is -1.43. The van der Waals surface area contributed by atoms with Crippen molar-refractivity contribution in [3.8, 4) is 0 Å². The van der Waals surface area contributed by atoms with Crippen LogP contribution in [0.3, 0.4) is 0 Å². The first-order valence-electron chi connectivity index (χ1n) is 7.48. The maximum Gasteiger partial charge on any atom is 0.142 e. The maximum absolute atomic E-state index is 12.9. The SMILES string of the molecule is CC(C)(C)N=C(C1=C(O)c2ccccc2S1=O)c1ccccc1. The molecule has 23 heavy (non-hydrogen) atoms. The molecule has 3 nitrogen and oxygen atoms in total. The largest absolute Gasteiger partial charge is 0.506 e. The number of nitrogens with zero attached hydrogens (tertiary/aromatic N) is 1. The summed E-state index contributed by atoms with van der Waals surface area (Å²) in [6.45, 7) is 5.95. The van der Waals surface area contributed by atoms with E-state index in [1.807, 2.05) is 63.2 Å². The fourth-order valence-electron chi connectivity index (χ4n) is 2.52. The minimum atomic E-state index is -1.43. The summed E-state index contributed by atoms with van der Waals surface area (Å²) in [4.78, 5) is 5.78. The van der Waals surface area contributed by atoms with Crippen LogP contribution >= 0.6 is 0 Å². The molecule has 0 aliphatic carbocycles. The minimum Gasteiger partial charge on any atom is -0.506 e. The van der Waals surface area contributed by atoms with Crippen LogP contribution in [0, 0.1) is 0 Å². The van der Waals surface area contributed by atoms with Crippen LogP contribution in [0.2, 0.25) is 0 Å². The van der Waals surface area contributed by atoms with Crippen LogP contribution in [-0.4, -0.2) is 20.6 Å². The van der Waals surface area contributed by atoms with Crippen molar-refractivity contribution in [2.75, 3.05) is 0 Å². The van der Waals surface area contributed by atoms with E-state index in [9.17, 15) is 9.32 Å². The average Bonchev–Trinajstić information content (AvgIpc) is 2.77. The number of aliphatic imine (C=N–C) groups is 1. The summed E-state index contributed by atoms with van der Waals surface area (Å²) in [5, 5.41) is 10.6. The molecular formula is C19H19NO2S. The third-order valence-electron chi connectivity index (χ3n) is 3.45. The Morgan fingerprint density at radius 3 is 2.22 bits per heavy atom. The number of fused-ring (bicyclic) bond motifs is 1. The fraction of sp³-hybridized carbons (Fsp3) is 0.211. The predicted octanol–water partition coefficient (Wildman–Crippen LogP) is 4.32. The van der Waals surface area contributed by atoms with Gasteiger partial charge in [-0.2, -0.15) is 0 Å². The molecule has 0 saturated heterocycles. The van der Waals surface area contributed by atoms with E-state index in [4.69, 9.17) is 4.99 Å². The summed E-state index contributed by atoms with van der Waals surface area (Å²) in [6, 6.07) is 16.8. The Kier molecular flexibility index (Phi) is 3.94. The lowest BCUT2D eigenvalue weighted by molar-refractivity contribution is 0.510. The molecule has 1 aliphatic rings. The Morgan fingerprint density at radius 2 is 1.61 bits per heavy atom. The van der Waals surface area contributed by atoms with Gasteiger partial charge in [-0.1, -0.05) is 42.5 Å². The van der Waals surface area contributed by atoms with Crippen LogP contribution < -0.4 is 0 Å². The van der Waals surface area contributed by atoms with E-state index in [1.165, 1.54) is 0 Å². The zero-order valence-electron chi connectivity index (χ0n) is 13.4. The summed E-state index contributed by atoms with van der Waals surface area (Å²) < 4.78 is 12.9. The Balaban J connectivity index is 2.22. The van der Waals surface area contributed by atoms with Gasteiger partial charge in [-0.3, -0.25) is 4.99 Å². The molecule has 4 heteroatoms. The second-order valence-electron chi connectivity index (χ2n) is 6.44. The minimum absolute atomic E-state index is 0.0609. The molecule has 2 aromatic carbocycles. The van der Waals surface area contributed by atoms with Crippen molar-refractivity contribution < 1.29 is 9.32 Å². The number of aliphatic hydroxyl groups excluding tert-OH is 1. The normalized spacial score (nSPS) is 18.2. The smallest absolute Gasteiger partial charge is 0.142 e. The second-order valence-corrected chi connectivity index (χ2v) is 7.83. The number of hydrogen-bond donors (Lipinski definition) is 1. The predicted molar refractivity (Wildman–Crippen MR) is 95.1 cm³/mol. The molecule has 1 N–H and O–H groups in total. The van der Waals surface area contributed by atoms with Crippen molar-refractivity contribution in [1.29, 1.82) is 0 Å². The molecule has 0 saturated carbocycles. The molecule has 0 spiro atoms. The van der Waals surface area contributed by atoms with Gasteiger partial charge in [0.1, 0.15) is 10.7 Å². The lowest BCUT2D eigenvalue weighted by atomic mass is 10.0. The Hall–Kier alpha value is -2.20. The molecule has 0 aromatic heterocycles. The third-order valence-corrected chi connectivity index (χ3v) is 4.96. The highest BCUT2D eigenvalue weighted by molar-refractivity contribution is 7.90. The van der Waals surface area contributed by atoms with Crippen LogP contribution in [0.5, 0.6) is 0 Å². The lowest BCUT2D eigenvalue weighted by Gasteiger charge is -2.17. The monoisotopic (exact) mass is 325 g/mol. The quantitative estimate of drug-likeness (QED) is 0.836. The first kappa shape index (κ1) is 15.7. The van der Waals surface area contributed by atoms with Gasteiger partial charge >= 0.3 is 0 Å². The number of allylic oxidation sites excluding steroid dienone is 1. The van der Waals surface area contributed by atoms with Crippen molar-refractivity contribution in [3.63, 3.8) is 0 Å². The molecule has 0 bridgehead atoms. The maximum atomic E-state index is 12.9. The molecule has 0 fully saturated rings. The van der Waals surface area contributed by atoms with Gasteiger partial charge in [0.2, 0.25) is 0 Å². The van der Waals surface area contributed by atoms with E-state index in [0.717, 1.165) is 5.56 Å². The summed E-state index contributed by atoms with van der Waals surface area (Å²) >= 11 is 0. The van der Waals surface area contributed by atoms with E-state index in [1.54, 1.807) is 12.1 Å². The van der Waals surface area contributed by atoms with Crippen molar-refractivity contribution in [3.05, 3.63) is 70.6 Å². The number of rotatable bonds is 2. The van der Waals surface area contributed by atoms with Gasteiger partial charge in [0.15, 0.2) is 0 Å². The van der Waals surface area contributed by atoms with Crippen LogP contribution in [0.25, 0.3) is 5.76 Å². The zero-order valence-corrected chi connectivity index (χ0v) is 14.2. The molecule has 1 unspecified atom stereocenters. The first-order valence-corrected chi connectivity index (χ1v) is 8.63. The van der Waals surface area contributed by atoms with Gasteiger partial charge in [0, 0.05) is 11.1 Å². The van der Waals surface area contributed by atoms with Gasteiger partial charge in [0.05, 0.1) is 26.9 Å². The molecule has 0 radical (unpaired) electrons. The number of benzene rings is 2. The number of aliphatic hydroxyl groups is 1. The standard InChI is InChI=1S/C19H19NO2S/c1-19(2,3)20-16(13-9-5-4-6-10-13)18-17(21)14-11-7-8-12-15(14)23(18)22/h4-12,21H,1-3H3. The molecule has 1 heterocycles. The van der Waals surface area contributed by atoms with Gasteiger partial charge in [-0.05, 0) is 32.9 Å². The molecule has 118 valence electrons. The van der Waals surface area contributed by atoms with Gasteiger partial charge in [0.25, 0.3) is 0 Å². The van der Waals surface area contributed by atoms with Crippen molar-refractivity contribution in [2.45, 2.75) is 31.2 Å². The fourth-order valence-corrected chi connectivity index (χ4v) is 3.93. The van der Waals surface area contributed by atoms with Crippen molar-refractivity contribution in [2.24, 2.45) is 4.99 Å². The Labute approximate surface area is 138 Å². The van der Waals surface area contributed by atoms with E-state index in [2.05, 4.69) is 0 Å². The van der Waals surface area contributed by atoms with Crippen LogP contribution in [0.4, 0.5) is 0 Å². The average molecular weight is 325 g/mol. The Bertz CT molecular complexity index is 830. The molecule has 3 rings (SSSR count). The van der Waals surface area contributed by atoms with Gasteiger partial charge in [-0.15, -0.1) is 0 Å². The highest BCUT2D eigenvalue weighted by Gasteiger charge is 2.32. The molecule has 0 amide bonds. The molecule has 1 aliphatic heterocycles. The van der Waals surface area contributed by atoms with Crippen molar-refractivity contribution >= 4 is 22.3 Å². The van der Waals surface area contributed by atoms with Crippen LogP contribution in [0.15, 0.2) is 69.4 Å². The van der Waals surface area contributed by atoms with E-state index in [-0.39, 0.29) is 11.3 Å². The highest BCUT2D eigenvalue weighted by Crippen LogP contribution is 2.37. The van der Waals surface area contributed by atoms with Crippen LogP contribution in [0.1, 0.15) is 31.9 Å². The summed E-state index contributed by atoms with van der Waals surface area (Å²) in [5.74, 6) is 0.0609.